The number of hydrogen-bond acceptors (Lipinski definition) is 5. The zero-order valence-corrected chi connectivity index (χ0v) is 15.4. The van der Waals surface area contributed by atoms with Crippen molar-refractivity contribution in [1.82, 2.24) is 5.32 Å². The molecule has 0 saturated carbocycles. The second kappa shape index (κ2) is 10.3. The Hall–Kier alpha value is -2.87. The third-order valence-electron chi connectivity index (χ3n) is 3.35. The zero-order valence-electron chi connectivity index (χ0n) is 14.6. The fraction of sp³-hybridized carbons (Fsp3) is 0.211. The minimum atomic E-state index is -1.11. The molecule has 2 rings (SSSR count). The Morgan fingerprint density at radius 3 is 2.41 bits per heavy atom. The molecule has 2 aromatic carbocycles. The van der Waals surface area contributed by atoms with Crippen LogP contribution in [0.3, 0.4) is 0 Å². The average Bonchev–Trinajstić information content (AvgIpc) is 2.64. The number of thioether (sulfide) groups is 1. The van der Waals surface area contributed by atoms with Crippen molar-refractivity contribution in [1.29, 1.82) is 0 Å². The number of benzene rings is 2. The standard InChI is InChI=1S/C19H19FN2O4S/c1-13(18(24)22-19(25)21-16-5-3-2-4-6-16)26-17(23)12-27-11-14-7-9-15(20)10-8-14/h2-10,13H,11-12H2,1H3,(H2,21,22,24,25). The van der Waals surface area contributed by atoms with Crippen LogP contribution in [0.4, 0.5) is 14.9 Å². The summed E-state index contributed by atoms with van der Waals surface area (Å²) in [4.78, 5) is 35.5. The van der Waals surface area contributed by atoms with Crippen LogP contribution in [0.2, 0.25) is 0 Å². The number of anilines is 1. The van der Waals surface area contributed by atoms with Gasteiger partial charge in [-0.2, -0.15) is 0 Å². The molecule has 6 nitrogen and oxygen atoms in total. The van der Waals surface area contributed by atoms with Crippen LogP contribution in [0, 0.1) is 5.82 Å². The molecule has 0 aliphatic heterocycles. The van der Waals surface area contributed by atoms with Crippen LogP contribution in [0.15, 0.2) is 54.6 Å². The van der Waals surface area contributed by atoms with Gasteiger partial charge in [-0.05, 0) is 36.8 Å². The topological polar surface area (TPSA) is 84.5 Å². The highest BCUT2D eigenvalue weighted by Crippen LogP contribution is 2.13. The van der Waals surface area contributed by atoms with E-state index in [0.717, 1.165) is 5.56 Å². The van der Waals surface area contributed by atoms with E-state index < -0.39 is 24.0 Å². The summed E-state index contributed by atoms with van der Waals surface area (Å²) in [5, 5.41) is 4.61. The third kappa shape index (κ3) is 7.49. The number of imide groups is 1. The quantitative estimate of drug-likeness (QED) is 0.709. The van der Waals surface area contributed by atoms with Gasteiger partial charge in [-0.25, -0.2) is 9.18 Å². The van der Waals surface area contributed by atoms with Crippen molar-refractivity contribution in [3.8, 4) is 0 Å². The highest BCUT2D eigenvalue weighted by molar-refractivity contribution is 7.99. The van der Waals surface area contributed by atoms with Crippen molar-refractivity contribution in [3.05, 3.63) is 66.0 Å². The van der Waals surface area contributed by atoms with Crippen LogP contribution in [0.25, 0.3) is 0 Å². The van der Waals surface area contributed by atoms with Gasteiger partial charge in [0.2, 0.25) is 0 Å². The van der Waals surface area contributed by atoms with E-state index in [1.54, 1.807) is 42.5 Å². The first-order valence-electron chi connectivity index (χ1n) is 8.12. The van der Waals surface area contributed by atoms with Crippen molar-refractivity contribution in [2.45, 2.75) is 18.8 Å². The molecule has 0 aliphatic rings. The lowest BCUT2D eigenvalue weighted by Crippen LogP contribution is -2.41. The Labute approximate surface area is 160 Å². The van der Waals surface area contributed by atoms with Crippen molar-refractivity contribution in [2.75, 3.05) is 11.1 Å². The maximum absolute atomic E-state index is 12.8. The van der Waals surface area contributed by atoms with E-state index >= 15 is 0 Å². The van der Waals surface area contributed by atoms with E-state index in [9.17, 15) is 18.8 Å². The van der Waals surface area contributed by atoms with Gasteiger partial charge < -0.3 is 10.1 Å². The predicted molar refractivity (Wildman–Crippen MR) is 102 cm³/mol. The number of urea groups is 1. The molecule has 0 fully saturated rings. The van der Waals surface area contributed by atoms with Crippen LogP contribution >= 0.6 is 11.8 Å². The summed E-state index contributed by atoms with van der Waals surface area (Å²) in [5.41, 5.74) is 1.40. The second-order valence-corrected chi connectivity index (χ2v) is 6.55. The number of carbonyl (C=O) groups excluding carboxylic acids is 3. The molecule has 0 radical (unpaired) electrons. The Bertz CT molecular complexity index is 784. The molecule has 3 amide bonds. The maximum atomic E-state index is 12.8. The van der Waals surface area contributed by atoms with Crippen LogP contribution in [-0.4, -0.2) is 29.8 Å². The first kappa shape index (κ1) is 20.4. The minimum absolute atomic E-state index is 0.0329. The lowest BCUT2D eigenvalue weighted by atomic mass is 10.2. The summed E-state index contributed by atoms with van der Waals surface area (Å²) in [6.45, 7) is 1.38. The zero-order chi connectivity index (χ0) is 19.6. The molecule has 142 valence electrons. The fourth-order valence-corrected chi connectivity index (χ4v) is 2.78. The normalized spacial score (nSPS) is 11.3. The summed E-state index contributed by atoms with van der Waals surface area (Å²) < 4.78 is 17.8. The first-order valence-corrected chi connectivity index (χ1v) is 9.28. The highest BCUT2D eigenvalue weighted by atomic mass is 32.2. The SMILES string of the molecule is CC(OC(=O)CSCc1ccc(F)cc1)C(=O)NC(=O)Nc1ccccc1. The van der Waals surface area contributed by atoms with Crippen LogP contribution in [-0.2, 0) is 20.1 Å². The van der Waals surface area contributed by atoms with Crippen molar-refractivity contribution < 1.29 is 23.5 Å². The van der Waals surface area contributed by atoms with Gasteiger partial charge in [0.05, 0.1) is 5.75 Å². The Morgan fingerprint density at radius 1 is 1.07 bits per heavy atom. The molecular weight excluding hydrogens is 371 g/mol. The molecule has 0 spiro atoms. The van der Waals surface area contributed by atoms with Crippen LogP contribution in [0.1, 0.15) is 12.5 Å². The monoisotopic (exact) mass is 390 g/mol. The fourth-order valence-electron chi connectivity index (χ4n) is 2.01. The van der Waals surface area contributed by atoms with E-state index in [1.807, 2.05) is 0 Å². The number of rotatable bonds is 7. The molecule has 1 atom stereocenters. The molecule has 0 aromatic heterocycles. The van der Waals surface area contributed by atoms with Crippen LogP contribution < -0.4 is 10.6 Å². The van der Waals surface area contributed by atoms with Gasteiger partial charge >= 0.3 is 12.0 Å². The van der Waals surface area contributed by atoms with Crippen molar-refractivity contribution in [2.24, 2.45) is 0 Å². The number of halogens is 1. The van der Waals surface area contributed by atoms with E-state index in [1.165, 1.54) is 30.8 Å². The third-order valence-corrected chi connectivity index (χ3v) is 4.33. The van der Waals surface area contributed by atoms with Gasteiger partial charge in [0.15, 0.2) is 6.10 Å². The van der Waals surface area contributed by atoms with Gasteiger partial charge in [0, 0.05) is 11.4 Å². The molecule has 0 heterocycles. The van der Waals surface area contributed by atoms with Gasteiger partial charge in [0.1, 0.15) is 5.82 Å². The lowest BCUT2D eigenvalue weighted by Gasteiger charge is -2.13. The van der Waals surface area contributed by atoms with E-state index in [0.29, 0.717) is 11.4 Å². The number of hydrogen-bond donors (Lipinski definition) is 2. The van der Waals surface area contributed by atoms with E-state index in [2.05, 4.69) is 10.6 Å². The Morgan fingerprint density at radius 2 is 1.74 bits per heavy atom. The van der Waals surface area contributed by atoms with E-state index in [-0.39, 0.29) is 11.6 Å². The molecule has 2 aromatic rings. The first-order chi connectivity index (χ1) is 12.9. The molecule has 2 N–H and O–H groups in total. The number of carbonyl (C=O) groups is 3. The number of ether oxygens (including phenoxy) is 1. The number of amides is 3. The van der Waals surface area contributed by atoms with Gasteiger partial charge in [-0.15, -0.1) is 11.8 Å². The Kier molecular flexibility index (Phi) is 7.81. The van der Waals surface area contributed by atoms with E-state index in [4.69, 9.17) is 4.74 Å². The lowest BCUT2D eigenvalue weighted by molar-refractivity contribution is -0.151. The molecule has 8 heteroatoms. The predicted octanol–water partition coefficient (Wildman–Crippen LogP) is 3.34. The smallest absolute Gasteiger partial charge is 0.325 e. The molecule has 27 heavy (non-hydrogen) atoms. The van der Waals surface area contributed by atoms with Gasteiger partial charge in [-0.3, -0.25) is 14.9 Å². The summed E-state index contributed by atoms with van der Waals surface area (Å²) in [6, 6.07) is 13.9. The highest BCUT2D eigenvalue weighted by Gasteiger charge is 2.20. The van der Waals surface area contributed by atoms with Crippen molar-refractivity contribution >= 4 is 35.4 Å². The van der Waals surface area contributed by atoms with Crippen molar-refractivity contribution in [3.63, 3.8) is 0 Å². The van der Waals surface area contributed by atoms with Crippen LogP contribution in [0.5, 0.6) is 0 Å². The minimum Gasteiger partial charge on any atom is -0.452 e. The Balaban J connectivity index is 1.69. The summed E-state index contributed by atoms with van der Waals surface area (Å²) in [7, 11) is 0. The largest absolute Gasteiger partial charge is 0.452 e. The molecule has 0 aliphatic carbocycles. The second-order valence-electron chi connectivity index (χ2n) is 5.56. The summed E-state index contributed by atoms with van der Waals surface area (Å²) in [6.07, 6.45) is -1.11. The summed E-state index contributed by atoms with van der Waals surface area (Å²) in [5.74, 6) is -1.08. The molecule has 0 bridgehead atoms. The molecule has 0 saturated heterocycles. The van der Waals surface area contributed by atoms with Gasteiger partial charge in [0.25, 0.3) is 5.91 Å². The van der Waals surface area contributed by atoms with Gasteiger partial charge in [-0.1, -0.05) is 30.3 Å². The summed E-state index contributed by atoms with van der Waals surface area (Å²) >= 11 is 1.28. The number of para-hydroxylation sites is 1. The molecule has 1 unspecified atom stereocenters. The maximum Gasteiger partial charge on any atom is 0.325 e. The molecular formula is C19H19FN2O4S. The average molecular weight is 390 g/mol. The number of nitrogens with one attached hydrogen (secondary N) is 2. The number of esters is 1.